The van der Waals surface area contributed by atoms with Gasteiger partial charge < -0.3 is 14.4 Å². The van der Waals surface area contributed by atoms with E-state index < -0.39 is 0 Å². The third kappa shape index (κ3) is 3.48. The van der Waals surface area contributed by atoms with Crippen LogP contribution in [0.4, 0.5) is 0 Å². The molecule has 1 rings (SSSR count). The van der Waals surface area contributed by atoms with Gasteiger partial charge >= 0.3 is 0 Å². The Morgan fingerprint density at radius 1 is 1.26 bits per heavy atom. The molecule has 0 aliphatic rings. The fourth-order valence-corrected chi connectivity index (χ4v) is 2.88. The number of hydrogen-bond donors (Lipinski definition) is 0. The summed E-state index contributed by atoms with van der Waals surface area (Å²) in [6, 6.07) is 8.21. The molecule has 0 heterocycles. The molecule has 0 bridgehead atoms. The largest absolute Gasteiger partial charge is 0.497 e. The molecule has 3 nitrogen and oxygen atoms in total. The maximum atomic E-state index is 5.95. The van der Waals surface area contributed by atoms with Crippen molar-refractivity contribution in [3.8, 4) is 5.75 Å². The second-order valence-electron chi connectivity index (χ2n) is 5.34. The molecule has 0 radical (unpaired) electrons. The summed E-state index contributed by atoms with van der Waals surface area (Å²) < 4.78 is 11.3. The predicted octanol–water partition coefficient (Wildman–Crippen LogP) is 3.14. The van der Waals surface area contributed by atoms with E-state index in [-0.39, 0.29) is 5.60 Å². The highest BCUT2D eigenvalue weighted by molar-refractivity contribution is 5.33. The van der Waals surface area contributed by atoms with E-state index in [0.717, 1.165) is 18.7 Å². The quantitative estimate of drug-likeness (QED) is 0.756. The van der Waals surface area contributed by atoms with Gasteiger partial charge in [0.2, 0.25) is 0 Å². The molecule has 19 heavy (non-hydrogen) atoms. The summed E-state index contributed by atoms with van der Waals surface area (Å²) >= 11 is 0. The van der Waals surface area contributed by atoms with Gasteiger partial charge in [0.15, 0.2) is 0 Å². The van der Waals surface area contributed by atoms with E-state index in [0.29, 0.717) is 5.92 Å². The van der Waals surface area contributed by atoms with E-state index in [1.165, 1.54) is 5.56 Å². The van der Waals surface area contributed by atoms with Crippen molar-refractivity contribution in [3.63, 3.8) is 0 Å². The van der Waals surface area contributed by atoms with Crippen molar-refractivity contribution in [2.75, 3.05) is 34.9 Å². The van der Waals surface area contributed by atoms with Crippen LogP contribution < -0.4 is 4.74 Å². The van der Waals surface area contributed by atoms with Gasteiger partial charge in [0.1, 0.15) is 5.75 Å². The first-order valence-electron chi connectivity index (χ1n) is 6.84. The molecular formula is C16H27NO2. The molecule has 0 aliphatic heterocycles. The van der Waals surface area contributed by atoms with Crippen LogP contribution in [0, 0.1) is 5.92 Å². The third-order valence-electron chi connectivity index (χ3n) is 3.88. The Morgan fingerprint density at radius 3 is 2.42 bits per heavy atom. The van der Waals surface area contributed by atoms with Gasteiger partial charge in [-0.3, -0.25) is 0 Å². The molecule has 0 spiro atoms. The van der Waals surface area contributed by atoms with Gasteiger partial charge in [0, 0.05) is 19.6 Å². The van der Waals surface area contributed by atoms with Crippen molar-refractivity contribution in [1.29, 1.82) is 0 Å². The van der Waals surface area contributed by atoms with Crippen LogP contribution in [0.5, 0.6) is 5.75 Å². The normalized spacial score (nSPS) is 16.2. The minimum absolute atomic E-state index is 0.265. The second-order valence-corrected chi connectivity index (χ2v) is 5.34. The van der Waals surface area contributed by atoms with E-state index in [2.05, 4.69) is 45.0 Å². The summed E-state index contributed by atoms with van der Waals surface area (Å²) in [6.07, 6.45) is 0.936. The summed E-state index contributed by atoms with van der Waals surface area (Å²) in [5.74, 6) is 1.27. The Hall–Kier alpha value is -1.06. The van der Waals surface area contributed by atoms with Gasteiger partial charge in [0.25, 0.3) is 0 Å². The topological polar surface area (TPSA) is 21.7 Å². The fourth-order valence-electron chi connectivity index (χ4n) is 2.88. The highest BCUT2D eigenvalue weighted by Crippen LogP contribution is 2.38. The summed E-state index contributed by atoms with van der Waals surface area (Å²) in [5.41, 5.74) is 0.921. The van der Waals surface area contributed by atoms with Crippen molar-refractivity contribution in [1.82, 2.24) is 4.90 Å². The monoisotopic (exact) mass is 265 g/mol. The smallest absolute Gasteiger partial charge is 0.119 e. The molecule has 1 unspecified atom stereocenters. The van der Waals surface area contributed by atoms with E-state index in [9.17, 15) is 0 Å². The molecule has 0 N–H and O–H groups in total. The van der Waals surface area contributed by atoms with Crippen LogP contribution in [0.1, 0.15) is 25.8 Å². The van der Waals surface area contributed by atoms with Gasteiger partial charge in [-0.1, -0.05) is 26.0 Å². The van der Waals surface area contributed by atoms with E-state index >= 15 is 0 Å². The first kappa shape index (κ1) is 16.0. The number of rotatable bonds is 7. The molecule has 0 saturated carbocycles. The number of methoxy groups -OCH3 is 2. The van der Waals surface area contributed by atoms with Gasteiger partial charge in [0.05, 0.1) is 12.7 Å². The Labute approximate surface area is 117 Å². The summed E-state index contributed by atoms with van der Waals surface area (Å²) in [6.45, 7) is 5.40. The molecule has 0 fully saturated rings. The second kappa shape index (κ2) is 6.92. The molecular weight excluding hydrogens is 238 g/mol. The van der Waals surface area contributed by atoms with Gasteiger partial charge in [-0.05, 0) is 38.2 Å². The third-order valence-corrected chi connectivity index (χ3v) is 3.88. The molecule has 1 aromatic rings. The number of nitrogens with zero attached hydrogens (tertiary/aromatic N) is 1. The SMILES string of the molecule is CCC(OC)(c1cccc(OC)c1)[C@@H](C)CN(C)C. The van der Waals surface area contributed by atoms with E-state index in [4.69, 9.17) is 9.47 Å². The maximum Gasteiger partial charge on any atom is 0.119 e. The zero-order valence-corrected chi connectivity index (χ0v) is 13.1. The molecule has 3 heteroatoms. The molecule has 0 saturated heterocycles. The maximum absolute atomic E-state index is 5.95. The lowest BCUT2D eigenvalue weighted by molar-refractivity contribution is -0.0683. The first-order chi connectivity index (χ1) is 9.00. The van der Waals surface area contributed by atoms with Gasteiger partial charge in [-0.25, -0.2) is 0 Å². The van der Waals surface area contributed by atoms with Gasteiger partial charge in [-0.2, -0.15) is 0 Å². The zero-order valence-electron chi connectivity index (χ0n) is 13.1. The van der Waals surface area contributed by atoms with Crippen molar-refractivity contribution in [2.24, 2.45) is 5.92 Å². The minimum Gasteiger partial charge on any atom is -0.497 e. The highest BCUT2D eigenvalue weighted by atomic mass is 16.5. The van der Waals surface area contributed by atoms with Crippen LogP contribution in [0.3, 0.4) is 0 Å². The van der Waals surface area contributed by atoms with Crippen molar-refractivity contribution >= 4 is 0 Å². The van der Waals surface area contributed by atoms with Crippen LogP contribution in [-0.4, -0.2) is 39.8 Å². The Morgan fingerprint density at radius 2 is 1.95 bits per heavy atom. The molecule has 2 atom stereocenters. The Kier molecular flexibility index (Phi) is 5.83. The average Bonchev–Trinajstić information content (AvgIpc) is 2.40. The van der Waals surface area contributed by atoms with E-state index in [1.807, 2.05) is 12.1 Å². The van der Waals surface area contributed by atoms with Crippen LogP contribution in [0.25, 0.3) is 0 Å². The van der Waals surface area contributed by atoms with Crippen LogP contribution in [0.2, 0.25) is 0 Å². The number of benzene rings is 1. The summed E-state index contributed by atoms with van der Waals surface area (Å²) in [5, 5.41) is 0. The first-order valence-corrected chi connectivity index (χ1v) is 6.84. The predicted molar refractivity (Wildman–Crippen MR) is 79.7 cm³/mol. The van der Waals surface area contributed by atoms with Crippen molar-refractivity contribution in [3.05, 3.63) is 29.8 Å². The van der Waals surface area contributed by atoms with Gasteiger partial charge in [-0.15, -0.1) is 0 Å². The number of ether oxygens (including phenoxy) is 2. The summed E-state index contributed by atoms with van der Waals surface area (Å²) in [4.78, 5) is 2.20. The highest BCUT2D eigenvalue weighted by Gasteiger charge is 2.36. The minimum atomic E-state index is -0.265. The number of hydrogen-bond acceptors (Lipinski definition) is 3. The van der Waals surface area contributed by atoms with Crippen molar-refractivity contribution in [2.45, 2.75) is 25.9 Å². The molecule has 0 aromatic heterocycles. The lowest BCUT2D eigenvalue weighted by atomic mass is 9.79. The molecule has 1 aromatic carbocycles. The molecule has 0 amide bonds. The fraction of sp³-hybridized carbons (Fsp3) is 0.625. The molecule has 108 valence electrons. The van der Waals surface area contributed by atoms with E-state index in [1.54, 1.807) is 14.2 Å². The summed E-state index contributed by atoms with van der Waals surface area (Å²) in [7, 11) is 7.69. The zero-order chi connectivity index (χ0) is 14.5. The Bertz CT molecular complexity index is 386. The lowest BCUT2D eigenvalue weighted by Gasteiger charge is -2.39. The molecule has 0 aliphatic carbocycles. The lowest BCUT2D eigenvalue weighted by Crippen LogP contribution is -2.40. The van der Waals surface area contributed by atoms with Crippen molar-refractivity contribution < 1.29 is 9.47 Å². The average molecular weight is 265 g/mol. The van der Waals surface area contributed by atoms with Crippen LogP contribution in [0.15, 0.2) is 24.3 Å². The van der Waals surface area contributed by atoms with Crippen LogP contribution in [-0.2, 0) is 10.3 Å². The standard InChI is InChI=1S/C16H27NO2/c1-7-16(19-6,13(2)12-17(3)4)14-9-8-10-15(11-14)18-5/h8-11,13H,7,12H2,1-6H3/t13-,16?/m0/s1. The Balaban J connectivity index is 3.16. The van der Waals surface area contributed by atoms with Crippen LogP contribution >= 0.6 is 0 Å².